The maximum absolute atomic E-state index is 13.2. The number of rotatable bonds is 13. The summed E-state index contributed by atoms with van der Waals surface area (Å²) in [4.78, 5) is 36.1. The van der Waals surface area contributed by atoms with Gasteiger partial charge in [0.05, 0.1) is 24.1 Å². The zero-order chi connectivity index (χ0) is 31.9. The van der Waals surface area contributed by atoms with E-state index in [1.165, 1.54) is 16.8 Å². The van der Waals surface area contributed by atoms with E-state index >= 15 is 0 Å². The number of aliphatic hydroxyl groups excluding tert-OH is 1. The van der Waals surface area contributed by atoms with Crippen molar-refractivity contribution in [2.24, 2.45) is 0 Å². The monoisotopic (exact) mass is 620 g/mol. The first kappa shape index (κ1) is 31.9. The Morgan fingerprint density at radius 2 is 1.61 bits per heavy atom. The van der Waals surface area contributed by atoms with Gasteiger partial charge < -0.3 is 20.3 Å². The summed E-state index contributed by atoms with van der Waals surface area (Å²) in [5.41, 5.74) is 2.48. The summed E-state index contributed by atoms with van der Waals surface area (Å²) in [5.74, 6) is -2.55. The second-order valence-corrected chi connectivity index (χ2v) is 11.5. The molecule has 0 fully saturated rings. The van der Waals surface area contributed by atoms with Crippen LogP contribution in [0.2, 0.25) is 0 Å². The quantitative estimate of drug-likeness (QED) is 0.175. The molecule has 0 aliphatic heterocycles. The number of nitrogens with zero attached hydrogens (tertiary/aromatic N) is 2. The lowest BCUT2D eigenvalue weighted by molar-refractivity contribution is -0.148. The largest absolute Gasteiger partial charge is 0.479 e. The molecule has 2 unspecified atom stereocenters. The van der Waals surface area contributed by atoms with Crippen LogP contribution in [0.25, 0.3) is 11.1 Å². The van der Waals surface area contributed by atoms with Crippen LogP contribution in [-0.4, -0.2) is 64.9 Å². The number of benzene rings is 3. The van der Waals surface area contributed by atoms with Gasteiger partial charge in [-0.05, 0) is 36.1 Å². The highest BCUT2D eigenvalue weighted by molar-refractivity contribution is 7.90. The number of sulfonamides is 1. The molecule has 2 amide bonds. The van der Waals surface area contributed by atoms with Gasteiger partial charge in [-0.2, -0.15) is 5.10 Å². The van der Waals surface area contributed by atoms with Crippen LogP contribution in [0.15, 0.2) is 89.8 Å². The van der Waals surface area contributed by atoms with Crippen molar-refractivity contribution in [3.63, 3.8) is 0 Å². The number of hydrogen-bond donors (Lipinski definition) is 4. The van der Waals surface area contributed by atoms with E-state index in [9.17, 15) is 33.0 Å². The molecule has 0 bridgehead atoms. The third kappa shape index (κ3) is 7.88. The molecule has 0 radical (unpaired) electrons. The molecule has 0 spiro atoms. The predicted molar refractivity (Wildman–Crippen MR) is 160 cm³/mol. The second-order valence-electron chi connectivity index (χ2n) is 9.87. The standard InChI is InChI=1S/C31H32N4O8S/c1-3-43-28-18-26(30(38)32-25(29(37)31(39)40)17-21-9-5-4-6-10-21)33-35(28)19-22-13-15-23(16-14-22)24-11-7-8-12-27(24)44(41,42)34-20(2)36/h4-16,18,25,29,37H,3,17,19H2,1-2H3,(H,32,38)(H,34,36)(H,39,40). The molecule has 230 valence electrons. The molecule has 0 saturated heterocycles. The molecule has 4 rings (SSSR count). The highest BCUT2D eigenvalue weighted by Crippen LogP contribution is 2.28. The molecule has 0 saturated carbocycles. The topological polar surface area (TPSA) is 177 Å². The summed E-state index contributed by atoms with van der Waals surface area (Å²) in [5, 5.41) is 26.6. The first-order chi connectivity index (χ1) is 21.0. The number of hydrogen-bond acceptors (Lipinski definition) is 8. The van der Waals surface area contributed by atoms with Gasteiger partial charge in [0.2, 0.25) is 11.8 Å². The molecule has 12 nitrogen and oxygen atoms in total. The van der Waals surface area contributed by atoms with Crippen molar-refractivity contribution in [3.8, 4) is 17.0 Å². The third-order valence-corrected chi connectivity index (χ3v) is 8.06. The average molecular weight is 621 g/mol. The van der Waals surface area contributed by atoms with E-state index in [1.54, 1.807) is 79.7 Å². The van der Waals surface area contributed by atoms with E-state index in [4.69, 9.17) is 4.74 Å². The molecule has 44 heavy (non-hydrogen) atoms. The molecule has 3 aromatic carbocycles. The first-order valence-electron chi connectivity index (χ1n) is 13.7. The fraction of sp³-hybridized carbons (Fsp3) is 0.226. The van der Waals surface area contributed by atoms with Crippen LogP contribution < -0.4 is 14.8 Å². The van der Waals surface area contributed by atoms with E-state index < -0.39 is 40.0 Å². The second kappa shape index (κ2) is 14.0. The molecular weight excluding hydrogens is 588 g/mol. The minimum absolute atomic E-state index is 0.0298. The number of carbonyl (C=O) groups is 3. The van der Waals surface area contributed by atoms with E-state index in [-0.39, 0.29) is 23.6 Å². The number of carboxylic acid groups (broad SMARTS) is 1. The Labute approximate surface area is 254 Å². The van der Waals surface area contributed by atoms with Gasteiger partial charge in [-0.15, -0.1) is 0 Å². The Hall–Kier alpha value is -5.01. The Morgan fingerprint density at radius 3 is 2.25 bits per heavy atom. The van der Waals surface area contributed by atoms with Crippen LogP contribution in [-0.2, 0) is 32.6 Å². The minimum atomic E-state index is -4.07. The third-order valence-electron chi connectivity index (χ3n) is 6.57. The normalized spacial score (nSPS) is 12.6. The maximum atomic E-state index is 13.2. The van der Waals surface area contributed by atoms with Crippen LogP contribution in [0.1, 0.15) is 35.5 Å². The number of carboxylic acids is 1. The zero-order valence-corrected chi connectivity index (χ0v) is 24.8. The SMILES string of the molecule is CCOc1cc(C(=O)NC(Cc2ccccc2)C(O)C(=O)O)nn1Cc1ccc(-c2ccccc2S(=O)(=O)NC(C)=O)cc1. The lowest BCUT2D eigenvalue weighted by Gasteiger charge is -2.21. The minimum Gasteiger partial charge on any atom is -0.479 e. The first-order valence-corrected chi connectivity index (χ1v) is 15.1. The van der Waals surface area contributed by atoms with Crippen LogP contribution in [0.4, 0.5) is 0 Å². The van der Waals surface area contributed by atoms with Crippen molar-refractivity contribution in [3.05, 3.63) is 102 Å². The van der Waals surface area contributed by atoms with Crippen LogP contribution >= 0.6 is 0 Å². The van der Waals surface area contributed by atoms with Gasteiger partial charge in [0.25, 0.3) is 15.9 Å². The number of nitrogens with one attached hydrogen (secondary N) is 2. The Bertz CT molecular complexity index is 1740. The van der Waals surface area contributed by atoms with Crippen molar-refractivity contribution in [1.82, 2.24) is 19.8 Å². The number of aromatic nitrogens is 2. The highest BCUT2D eigenvalue weighted by atomic mass is 32.2. The van der Waals surface area contributed by atoms with Crippen molar-refractivity contribution in [2.45, 2.75) is 43.9 Å². The van der Waals surface area contributed by atoms with Gasteiger partial charge in [-0.1, -0.05) is 72.8 Å². The van der Waals surface area contributed by atoms with Gasteiger partial charge in [-0.25, -0.2) is 22.6 Å². The van der Waals surface area contributed by atoms with Crippen molar-refractivity contribution in [2.75, 3.05) is 6.61 Å². The molecular formula is C31H32N4O8S. The lowest BCUT2D eigenvalue weighted by atomic mass is 10.0. The number of aliphatic carboxylic acids is 1. The summed E-state index contributed by atoms with van der Waals surface area (Å²) >= 11 is 0. The van der Waals surface area contributed by atoms with Gasteiger partial charge in [0, 0.05) is 18.6 Å². The smallest absolute Gasteiger partial charge is 0.334 e. The molecule has 4 N–H and O–H groups in total. The number of carbonyl (C=O) groups excluding carboxylic acids is 2. The van der Waals surface area contributed by atoms with E-state index in [0.717, 1.165) is 18.1 Å². The summed E-state index contributed by atoms with van der Waals surface area (Å²) in [6, 6.07) is 22.5. The summed E-state index contributed by atoms with van der Waals surface area (Å²) in [6.45, 7) is 3.38. The van der Waals surface area contributed by atoms with Gasteiger partial charge in [0.15, 0.2) is 11.8 Å². The number of ether oxygens (including phenoxy) is 1. The van der Waals surface area contributed by atoms with Crippen LogP contribution in [0.3, 0.4) is 0 Å². The average Bonchev–Trinajstić information content (AvgIpc) is 3.39. The van der Waals surface area contributed by atoms with Crippen LogP contribution in [0, 0.1) is 0 Å². The molecule has 1 heterocycles. The highest BCUT2D eigenvalue weighted by Gasteiger charge is 2.29. The molecule has 13 heteroatoms. The molecule has 4 aromatic rings. The maximum Gasteiger partial charge on any atom is 0.334 e. The Balaban J connectivity index is 1.55. The summed E-state index contributed by atoms with van der Waals surface area (Å²) in [7, 11) is -4.07. The lowest BCUT2D eigenvalue weighted by Crippen LogP contribution is -2.48. The van der Waals surface area contributed by atoms with Crippen molar-refractivity contribution < 1.29 is 37.8 Å². The van der Waals surface area contributed by atoms with E-state index in [2.05, 4.69) is 10.4 Å². The van der Waals surface area contributed by atoms with Gasteiger partial charge >= 0.3 is 5.97 Å². The van der Waals surface area contributed by atoms with Crippen molar-refractivity contribution >= 4 is 27.8 Å². The molecule has 0 aliphatic rings. The van der Waals surface area contributed by atoms with Gasteiger partial charge in [0.1, 0.15) is 0 Å². The Kier molecular flexibility index (Phi) is 10.1. The number of amides is 2. The fourth-order valence-electron chi connectivity index (χ4n) is 4.56. The van der Waals surface area contributed by atoms with Gasteiger partial charge in [-0.3, -0.25) is 9.59 Å². The summed E-state index contributed by atoms with van der Waals surface area (Å²) < 4.78 is 34.5. The number of aliphatic hydroxyl groups is 1. The fourth-order valence-corrected chi connectivity index (χ4v) is 5.78. The van der Waals surface area contributed by atoms with E-state index in [0.29, 0.717) is 23.6 Å². The molecule has 2 atom stereocenters. The predicted octanol–water partition coefficient (Wildman–Crippen LogP) is 2.61. The van der Waals surface area contributed by atoms with Crippen molar-refractivity contribution in [1.29, 1.82) is 0 Å². The molecule has 0 aliphatic carbocycles. The van der Waals surface area contributed by atoms with Crippen LogP contribution in [0.5, 0.6) is 5.88 Å². The summed E-state index contributed by atoms with van der Waals surface area (Å²) in [6.07, 6.45) is -1.76. The molecule has 1 aromatic heterocycles. The Morgan fingerprint density at radius 1 is 0.955 bits per heavy atom. The van der Waals surface area contributed by atoms with E-state index in [1.807, 2.05) is 4.72 Å². The zero-order valence-electron chi connectivity index (χ0n) is 24.0.